The van der Waals surface area contributed by atoms with Crippen LogP contribution < -0.4 is 9.47 Å². The Labute approximate surface area is 187 Å². The summed E-state index contributed by atoms with van der Waals surface area (Å²) in [5.74, 6) is 2.93. The smallest absolute Gasteiger partial charge is 0.165 e. The maximum absolute atomic E-state index is 11.2. The molecule has 0 spiro atoms. The Hall–Kier alpha value is -2.50. The molecule has 1 aromatic heterocycles. The van der Waals surface area contributed by atoms with Gasteiger partial charge in [0.15, 0.2) is 11.5 Å². The van der Waals surface area contributed by atoms with E-state index in [0.717, 1.165) is 48.6 Å². The monoisotopic (exact) mass is 427 g/mol. The highest BCUT2D eigenvalue weighted by molar-refractivity contribution is 5.46. The Balaban J connectivity index is 2.20. The van der Waals surface area contributed by atoms with E-state index in [4.69, 9.17) is 13.9 Å². The van der Waals surface area contributed by atoms with Crippen molar-refractivity contribution < 1.29 is 19.0 Å². The summed E-state index contributed by atoms with van der Waals surface area (Å²) in [6, 6.07) is 9.80. The van der Waals surface area contributed by atoms with E-state index in [1.165, 1.54) is 0 Å². The van der Waals surface area contributed by atoms with Crippen molar-refractivity contribution in [2.45, 2.75) is 57.7 Å². The lowest BCUT2D eigenvalue weighted by Gasteiger charge is -2.26. The van der Waals surface area contributed by atoms with Crippen molar-refractivity contribution in [1.29, 1.82) is 0 Å². The van der Waals surface area contributed by atoms with E-state index in [2.05, 4.69) is 31.0 Å². The van der Waals surface area contributed by atoms with Gasteiger partial charge in [-0.05, 0) is 56.8 Å². The number of hydrogen-bond acceptors (Lipinski definition) is 5. The first-order valence-corrected chi connectivity index (χ1v) is 11.0. The molecule has 0 saturated heterocycles. The fourth-order valence-corrected chi connectivity index (χ4v) is 3.84. The van der Waals surface area contributed by atoms with Crippen molar-refractivity contribution in [2.24, 2.45) is 0 Å². The molecule has 0 aliphatic heterocycles. The topological polar surface area (TPSA) is 55.1 Å². The molecule has 1 heterocycles. The van der Waals surface area contributed by atoms with Crippen LogP contribution in [0.3, 0.4) is 0 Å². The molecular weight excluding hydrogens is 390 g/mol. The zero-order valence-electron chi connectivity index (χ0n) is 19.2. The molecule has 5 heteroatoms. The van der Waals surface area contributed by atoms with E-state index in [9.17, 15) is 5.11 Å². The minimum atomic E-state index is -1.01. The Bertz CT molecular complexity index is 815. The summed E-state index contributed by atoms with van der Waals surface area (Å²) in [5, 5.41) is 11.2. The summed E-state index contributed by atoms with van der Waals surface area (Å²) in [6.07, 6.45) is 7.28. The van der Waals surface area contributed by atoms with Gasteiger partial charge in [0.2, 0.25) is 0 Å². The van der Waals surface area contributed by atoms with Gasteiger partial charge in [0.05, 0.1) is 20.8 Å². The van der Waals surface area contributed by atoms with Gasteiger partial charge in [-0.3, -0.25) is 4.90 Å². The summed E-state index contributed by atoms with van der Waals surface area (Å²) < 4.78 is 17.2. The molecule has 170 valence electrons. The van der Waals surface area contributed by atoms with E-state index in [1.807, 2.05) is 36.4 Å². The number of furan rings is 1. The van der Waals surface area contributed by atoms with Gasteiger partial charge in [0, 0.05) is 12.1 Å². The quantitative estimate of drug-likeness (QED) is 0.363. The number of hydrogen-bond donors (Lipinski definition) is 1. The Morgan fingerprint density at radius 1 is 1.03 bits per heavy atom. The number of para-hydroxylation sites is 1. The average Bonchev–Trinajstić information content (AvgIpc) is 3.25. The van der Waals surface area contributed by atoms with Gasteiger partial charge in [-0.1, -0.05) is 31.2 Å². The molecule has 0 radical (unpaired) electrons. The second kappa shape index (κ2) is 12.4. The summed E-state index contributed by atoms with van der Waals surface area (Å²) in [5.41, 5.74) is 0.0576. The molecule has 1 aromatic carbocycles. The first kappa shape index (κ1) is 24.8. The highest BCUT2D eigenvalue weighted by Crippen LogP contribution is 2.34. The molecule has 0 saturated carbocycles. The Kier molecular flexibility index (Phi) is 9.89. The normalized spacial score (nSPS) is 11.5. The van der Waals surface area contributed by atoms with Crippen molar-refractivity contribution in [3.05, 3.63) is 72.7 Å². The number of benzene rings is 1. The zero-order valence-corrected chi connectivity index (χ0v) is 19.2. The Morgan fingerprint density at radius 2 is 1.74 bits per heavy atom. The largest absolute Gasteiger partial charge is 0.493 e. The molecule has 0 atom stereocenters. The fraction of sp³-hybridized carbons (Fsp3) is 0.462. The van der Waals surface area contributed by atoms with E-state index in [-0.39, 0.29) is 0 Å². The molecule has 31 heavy (non-hydrogen) atoms. The molecule has 5 nitrogen and oxygen atoms in total. The average molecular weight is 428 g/mol. The fourth-order valence-electron chi connectivity index (χ4n) is 3.84. The van der Waals surface area contributed by atoms with Gasteiger partial charge in [0.25, 0.3) is 0 Å². The molecule has 0 amide bonds. The number of aliphatic hydroxyl groups is 1. The molecule has 0 fully saturated rings. The van der Waals surface area contributed by atoms with E-state index in [0.29, 0.717) is 31.7 Å². The lowest BCUT2D eigenvalue weighted by atomic mass is 9.89. The van der Waals surface area contributed by atoms with Crippen LogP contribution in [0.25, 0.3) is 0 Å². The number of nitrogens with zero attached hydrogens (tertiary/aromatic N) is 1. The maximum Gasteiger partial charge on any atom is 0.165 e. The third-order valence-corrected chi connectivity index (χ3v) is 5.44. The maximum atomic E-state index is 11.2. The van der Waals surface area contributed by atoms with Crippen LogP contribution in [0.15, 0.2) is 60.1 Å². The van der Waals surface area contributed by atoms with Crippen LogP contribution in [-0.4, -0.2) is 30.8 Å². The number of allylic oxidation sites excluding steroid dienone is 2. The van der Waals surface area contributed by atoms with Gasteiger partial charge in [0.1, 0.15) is 17.1 Å². The van der Waals surface area contributed by atoms with Crippen LogP contribution >= 0.6 is 0 Å². The Morgan fingerprint density at radius 3 is 2.32 bits per heavy atom. The van der Waals surface area contributed by atoms with Gasteiger partial charge < -0.3 is 19.0 Å². The molecule has 0 aliphatic rings. The third-order valence-electron chi connectivity index (χ3n) is 5.44. The summed E-state index contributed by atoms with van der Waals surface area (Å²) in [4.78, 5) is 2.31. The highest BCUT2D eigenvalue weighted by atomic mass is 16.5. The predicted octanol–water partition coefficient (Wildman–Crippen LogP) is 5.83. The van der Waals surface area contributed by atoms with Gasteiger partial charge in [-0.15, -0.1) is 13.2 Å². The number of ether oxygens (including phenoxy) is 2. The number of rotatable bonds is 15. The zero-order chi connectivity index (χ0) is 22.7. The lowest BCUT2D eigenvalue weighted by Crippen LogP contribution is -2.25. The third kappa shape index (κ3) is 6.74. The molecule has 0 unspecified atom stereocenters. The molecular formula is C26H37NO4. The van der Waals surface area contributed by atoms with Crippen LogP contribution in [0.2, 0.25) is 0 Å². The SMILES string of the molecule is C=CCCC(O)(CCC=C)c1ccc(CN(CCC)Cc2cccc(OC)c2OC)o1. The van der Waals surface area contributed by atoms with E-state index < -0.39 is 5.60 Å². The number of methoxy groups -OCH3 is 2. The highest BCUT2D eigenvalue weighted by Gasteiger charge is 2.31. The van der Waals surface area contributed by atoms with Crippen molar-refractivity contribution >= 4 is 0 Å². The summed E-state index contributed by atoms with van der Waals surface area (Å²) >= 11 is 0. The standard InChI is InChI=1S/C26H37NO4/c1-6-9-16-26(28,17-10-7-2)24-15-14-22(31-24)20-27(18-8-3)19-21-12-11-13-23(29-4)25(21)30-5/h6-7,11-15,28H,1-2,8-10,16-20H2,3-5H3. The van der Waals surface area contributed by atoms with Crippen LogP contribution in [0.4, 0.5) is 0 Å². The van der Waals surface area contributed by atoms with Gasteiger partial charge >= 0.3 is 0 Å². The van der Waals surface area contributed by atoms with Crippen molar-refractivity contribution in [2.75, 3.05) is 20.8 Å². The second-order valence-electron chi connectivity index (χ2n) is 7.82. The first-order chi connectivity index (χ1) is 15.0. The minimum Gasteiger partial charge on any atom is -0.493 e. The summed E-state index contributed by atoms with van der Waals surface area (Å²) in [6.45, 7) is 12.0. The van der Waals surface area contributed by atoms with Crippen molar-refractivity contribution in [1.82, 2.24) is 4.90 Å². The van der Waals surface area contributed by atoms with Gasteiger partial charge in [-0.25, -0.2) is 0 Å². The second-order valence-corrected chi connectivity index (χ2v) is 7.82. The lowest BCUT2D eigenvalue weighted by molar-refractivity contribution is -0.00214. The molecule has 2 rings (SSSR count). The molecule has 0 aliphatic carbocycles. The summed E-state index contributed by atoms with van der Waals surface area (Å²) in [7, 11) is 3.31. The van der Waals surface area contributed by atoms with Gasteiger partial charge in [-0.2, -0.15) is 0 Å². The van der Waals surface area contributed by atoms with Crippen LogP contribution in [-0.2, 0) is 18.7 Å². The predicted molar refractivity (Wildman–Crippen MR) is 125 cm³/mol. The van der Waals surface area contributed by atoms with Crippen LogP contribution in [0.5, 0.6) is 11.5 Å². The van der Waals surface area contributed by atoms with Crippen molar-refractivity contribution in [3.8, 4) is 11.5 Å². The molecule has 2 aromatic rings. The van der Waals surface area contributed by atoms with Crippen LogP contribution in [0, 0.1) is 0 Å². The first-order valence-electron chi connectivity index (χ1n) is 11.0. The van der Waals surface area contributed by atoms with Crippen LogP contribution in [0.1, 0.15) is 56.1 Å². The molecule has 1 N–H and O–H groups in total. The molecule has 0 bridgehead atoms. The van der Waals surface area contributed by atoms with Crippen molar-refractivity contribution in [3.63, 3.8) is 0 Å². The van der Waals surface area contributed by atoms with E-state index in [1.54, 1.807) is 14.2 Å². The van der Waals surface area contributed by atoms with E-state index >= 15 is 0 Å². The minimum absolute atomic E-state index is 0.580.